The molecule has 1 aromatic rings. The third kappa shape index (κ3) is 4.41. The van der Waals surface area contributed by atoms with Gasteiger partial charge >= 0.3 is 0 Å². The molecule has 1 aromatic carbocycles. The van der Waals surface area contributed by atoms with E-state index in [0.717, 1.165) is 11.5 Å². The van der Waals surface area contributed by atoms with Gasteiger partial charge in [0, 0.05) is 5.69 Å². The van der Waals surface area contributed by atoms with Gasteiger partial charge < -0.3 is 5.73 Å². The Kier molecular flexibility index (Phi) is 5.62. The fourth-order valence-corrected chi connectivity index (χ4v) is 4.08. The summed E-state index contributed by atoms with van der Waals surface area (Å²) >= 11 is 7.61. The summed E-state index contributed by atoms with van der Waals surface area (Å²) in [4.78, 5) is 0.140. The molecule has 0 atom stereocenters. The van der Waals surface area contributed by atoms with Gasteiger partial charge in [-0.3, -0.25) is 0 Å². The van der Waals surface area contributed by atoms with Gasteiger partial charge in [-0.05, 0) is 36.1 Å². The van der Waals surface area contributed by atoms with Crippen LogP contribution in [0.4, 0.5) is 5.69 Å². The zero-order valence-corrected chi connectivity index (χ0v) is 12.0. The summed E-state index contributed by atoms with van der Waals surface area (Å²) in [6.07, 6.45) is 0.631. The minimum absolute atomic E-state index is 0.114. The first-order valence-corrected chi connectivity index (χ1v) is 8.51. The molecule has 0 aliphatic carbocycles. The molecule has 0 heterocycles. The van der Waals surface area contributed by atoms with Crippen LogP contribution in [-0.4, -0.2) is 25.7 Å². The highest BCUT2D eigenvalue weighted by Gasteiger charge is 2.17. The lowest BCUT2D eigenvalue weighted by atomic mass is 10.3. The molecular formula is C11H16ClNO2S2. The van der Waals surface area contributed by atoms with E-state index < -0.39 is 9.84 Å². The minimum Gasteiger partial charge on any atom is -0.399 e. The average Bonchev–Trinajstić information content (AvgIpc) is 2.28. The molecule has 3 nitrogen and oxygen atoms in total. The Balaban J connectivity index is 2.79. The zero-order chi connectivity index (χ0) is 12.9. The second-order valence-corrected chi connectivity index (χ2v) is 7.44. The van der Waals surface area contributed by atoms with Crippen molar-refractivity contribution in [1.29, 1.82) is 0 Å². The first kappa shape index (κ1) is 14.7. The second kappa shape index (κ2) is 6.52. The van der Waals surface area contributed by atoms with E-state index in [1.54, 1.807) is 17.8 Å². The normalized spacial score (nSPS) is 11.6. The number of anilines is 1. The summed E-state index contributed by atoms with van der Waals surface area (Å²) in [5.74, 6) is 1.96. The molecule has 96 valence electrons. The van der Waals surface area contributed by atoms with Gasteiger partial charge in [0.05, 0.1) is 15.7 Å². The number of nitrogens with two attached hydrogens (primary N) is 1. The number of halogens is 1. The Morgan fingerprint density at radius 3 is 2.76 bits per heavy atom. The van der Waals surface area contributed by atoms with Crippen molar-refractivity contribution >= 4 is 38.9 Å². The summed E-state index contributed by atoms with van der Waals surface area (Å²) in [6, 6.07) is 4.53. The van der Waals surface area contributed by atoms with Crippen LogP contribution in [0.5, 0.6) is 0 Å². The SMILES string of the molecule is CCSCCCS(=O)(=O)c1cc(N)ccc1Cl. The molecule has 17 heavy (non-hydrogen) atoms. The van der Waals surface area contributed by atoms with Crippen LogP contribution in [0.15, 0.2) is 23.1 Å². The van der Waals surface area contributed by atoms with E-state index in [4.69, 9.17) is 17.3 Å². The summed E-state index contributed by atoms with van der Waals surface area (Å²) < 4.78 is 24.0. The van der Waals surface area contributed by atoms with Crippen LogP contribution in [0.1, 0.15) is 13.3 Å². The monoisotopic (exact) mass is 293 g/mol. The maximum absolute atomic E-state index is 12.0. The van der Waals surface area contributed by atoms with Crippen LogP contribution in [0.25, 0.3) is 0 Å². The highest BCUT2D eigenvalue weighted by atomic mass is 35.5. The van der Waals surface area contributed by atoms with Crippen molar-refractivity contribution < 1.29 is 8.42 Å². The molecule has 2 N–H and O–H groups in total. The molecule has 6 heteroatoms. The van der Waals surface area contributed by atoms with Gasteiger partial charge in [-0.15, -0.1) is 0 Å². The van der Waals surface area contributed by atoms with Crippen LogP contribution in [-0.2, 0) is 9.84 Å². The lowest BCUT2D eigenvalue weighted by Gasteiger charge is -2.07. The maximum Gasteiger partial charge on any atom is 0.179 e. The molecule has 1 rings (SSSR count). The van der Waals surface area contributed by atoms with Crippen LogP contribution in [0.3, 0.4) is 0 Å². The number of hydrogen-bond acceptors (Lipinski definition) is 4. The molecule has 0 bridgehead atoms. The molecule has 0 amide bonds. The summed E-state index contributed by atoms with van der Waals surface area (Å²) in [7, 11) is -3.32. The molecule has 0 fully saturated rings. The molecular weight excluding hydrogens is 278 g/mol. The molecule has 0 unspecified atom stereocenters. The van der Waals surface area contributed by atoms with Gasteiger partial charge in [-0.2, -0.15) is 11.8 Å². The van der Waals surface area contributed by atoms with Crippen molar-refractivity contribution in [3.05, 3.63) is 23.2 Å². The maximum atomic E-state index is 12.0. The minimum atomic E-state index is -3.32. The fourth-order valence-electron chi connectivity index (χ4n) is 1.36. The second-order valence-electron chi connectivity index (χ2n) is 3.56. The number of hydrogen-bond donors (Lipinski definition) is 1. The Hall–Kier alpha value is -0.390. The van der Waals surface area contributed by atoms with Gasteiger partial charge in [-0.1, -0.05) is 18.5 Å². The lowest BCUT2D eigenvalue weighted by Crippen LogP contribution is -2.09. The third-order valence-electron chi connectivity index (χ3n) is 2.20. The first-order chi connectivity index (χ1) is 7.97. The van der Waals surface area contributed by atoms with Crippen molar-refractivity contribution in [2.24, 2.45) is 0 Å². The van der Waals surface area contributed by atoms with Gasteiger partial charge in [0.2, 0.25) is 0 Å². The predicted octanol–water partition coefficient (Wildman–Crippen LogP) is 2.84. The summed E-state index contributed by atoms with van der Waals surface area (Å²) in [6.45, 7) is 2.05. The van der Waals surface area contributed by atoms with E-state index in [1.807, 2.05) is 6.92 Å². The van der Waals surface area contributed by atoms with E-state index in [1.165, 1.54) is 12.1 Å². The number of nitrogen functional groups attached to an aromatic ring is 1. The Labute approximate surface area is 112 Å². The van der Waals surface area contributed by atoms with E-state index >= 15 is 0 Å². The number of benzene rings is 1. The van der Waals surface area contributed by atoms with Crippen LogP contribution < -0.4 is 5.73 Å². The van der Waals surface area contributed by atoms with Crippen molar-refractivity contribution in [2.75, 3.05) is 23.0 Å². The van der Waals surface area contributed by atoms with Crippen molar-refractivity contribution in [1.82, 2.24) is 0 Å². The number of thioether (sulfide) groups is 1. The van der Waals surface area contributed by atoms with Crippen LogP contribution in [0.2, 0.25) is 5.02 Å². The Morgan fingerprint density at radius 1 is 1.41 bits per heavy atom. The fraction of sp³-hybridized carbons (Fsp3) is 0.455. The smallest absolute Gasteiger partial charge is 0.179 e. The largest absolute Gasteiger partial charge is 0.399 e. The van der Waals surface area contributed by atoms with Gasteiger partial charge in [0.1, 0.15) is 0 Å². The number of sulfone groups is 1. The van der Waals surface area contributed by atoms with Gasteiger partial charge in [0.15, 0.2) is 9.84 Å². The Bertz CT molecular complexity index is 474. The molecule has 0 aliphatic heterocycles. The van der Waals surface area contributed by atoms with Crippen molar-refractivity contribution in [2.45, 2.75) is 18.2 Å². The van der Waals surface area contributed by atoms with E-state index in [9.17, 15) is 8.42 Å². The van der Waals surface area contributed by atoms with Crippen molar-refractivity contribution in [3.8, 4) is 0 Å². The highest BCUT2D eigenvalue weighted by molar-refractivity contribution is 7.99. The number of rotatable bonds is 6. The third-order valence-corrected chi connectivity index (χ3v) is 5.46. The molecule has 0 aromatic heterocycles. The summed E-state index contributed by atoms with van der Waals surface area (Å²) in [5.41, 5.74) is 5.99. The average molecular weight is 294 g/mol. The van der Waals surface area contributed by atoms with Crippen molar-refractivity contribution in [3.63, 3.8) is 0 Å². The standard InChI is InChI=1S/C11H16ClNO2S2/c1-2-16-6-3-7-17(14,15)11-8-9(13)4-5-10(11)12/h4-5,8H,2-3,6-7,13H2,1H3. The van der Waals surface area contributed by atoms with Gasteiger partial charge in [-0.25, -0.2) is 8.42 Å². The highest BCUT2D eigenvalue weighted by Crippen LogP contribution is 2.25. The van der Waals surface area contributed by atoms with E-state index in [-0.39, 0.29) is 15.7 Å². The predicted molar refractivity (Wildman–Crippen MR) is 75.5 cm³/mol. The quantitative estimate of drug-likeness (QED) is 0.647. The molecule has 0 radical (unpaired) electrons. The first-order valence-electron chi connectivity index (χ1n) is 5.33. The van der Waals surface area contributed by atoms with E-state index in [0.29, 0.717) is 12.1 Å². The molecule has 0 spiro atoms. The molecule has 0 saturated heterocycles. The van der Waals surface area contributed by atoms with Crippen LogP contribution >= 0.6 is 23.4 Å². The molecule has 0 saturated carbocycles. The Morgan fingerprint density at radius 2 is 2.12 bits per heavy atom. The lowest BCUT2D eigenvalue weighted by molar-refractivity contribution is 0.595. The zero-order valence-electron chi connectivity index (χ0n) is 9.65. The summed E-state index contributed by atoms with van der Waals surface area (Å²) in [5, 5.41) is 0.238. The van der Waals surface area contributed by atoms with Crippen LogP contribution in [0, 0.1) is 0 Å². The van der Waals surface area contributed by atoms with Gasteiger partial charge in [0.25, 0.3) is 0 Å². The topological polar surface area (TPSA) is 60.2 Å². The van der Waals surface area contributed by atoms with E-state index in [2.05, 4.69) is 0 Å². The molecule has 0 aliphatic rings.